The van der Waals surface area contributed by atoms with Gasteiger partial charge in [-0.1, -0.05) is 17.7 Å². The van der Waals surface area contributed by atoms with Gasteiger partial charge in [0.15, 0.2) is 0 Å². The fourth-order valence-corrected chi connectivity index (χ4v) is 3.05. The summed E-state index contributed by atoms with van der Waals surface area (Å²) in [4.78, 5) is 43.9. The standard InChI is InChI=1S/C19H19ClN4O3/c1-13(25)23-5-7-24(8-6-23)19(27)15-9-14(11-21-12-15)18(26)22-17-4-2-3-16(20)10-17/h2-4,9-12H,5-8H2,1H3,(H,22,26). The molecular weight excluding hydrogens is 368 g/mol. The summed E-state index contributed by atoms with van der Waals surface area (Å²) < 4.78 is 0. The summed E-state index contributed by atoms with van der Waals surface area (Å²) in [5, 5.41) is 3.24. The highest BCUT2D eigenvalue weighted by Crippen LogP contribution is 2.16. The molecule has 1 aliphatic heterocycles. The van der Waals surface area contributed by atoms with Gasteiger partial charge in [-0.2, -0.15) is 0 Å². The number of hydrogen-bond acceptors (Lipinski definition) is 4. The van der Waals surface area contributed by atoms with E-state index >= 15 is 0 Å². The van der Waals surface area contributed by atoms with Crippen LogP contribution in [0.5, 0.6) is 0 Å². The lowest BCUT2D eigenvalue weighted by Crippen LogP contribution is -2.50. The van der Waals surface area contributed by atoms with E-state index in [9.17, 15) is 14.4 Å². The van der Waals surface area contributed by atoms with E-state index in [1.807, 2.05) is 0 Å². The van der Waals surface area contributed by atoms with Crippen LogP contribution in [-0.2, 0) is 4.79 Å². The second-order valence-electron chi connectivity index (χ2n) is 6.23. The van der Waals surface area contributed by atoms with E-state index in [1.165, 1.54) is 25.4 Å². The minimum Gasteiger partial charge on any atom is -0.339 e. The van der Waals surface area contributed by atoms with Crippen molar-refractivity contribution in [3.05, 3.63) is 58.9 Å². The van der Waals surface area contributed by atoms with Crippen molar-refractivity contribution in [1.29, 1.82) is 0 Å². The Bertz CT molecular complexity index is 879. The number of anilines is 1. The molecule has 1 aromatic heterocycles. The summed E-state index contributed by atoms with van der Waals surface area (Å²) in [6, 6.07) is 8.32. The van der Waals surface area contributed by atoms with Gasteiger partial charge in [0.2, 0.25) is 5.91 Å². The van der Waals surface area contributed by atoms with Gasteiger partial charge in [0, 0.05) is 56.2 Å². The lowest BCUT2D eigenvalue weighted by Gasteiger charge is -2.34. The van der Waals surface area contributed by atoms with Crippen molar-refractivity contribution in [2.45, 2.75) is 6.92 Å². The molecule has 7 nitrogen and oxygen atoms in total. The number of nitrogens with one attached hydrogen (secondary N) is 1. The fraction of sp³-hybridized carbons (Fsp3) is 0.263. The third-order valence-electron chi connectivity index (χ3n) is 4.34. The van der Waals surface area contributed by atoms with Crippen LogP contribution in [0.2, 0.25) is 5.02 Å². The van der Waals surface area contributed by atoms with Crippen LogP contribution in [0.4, 0.5) is 5.69 Å². The zero-order chi connectivity index (χ0) is 19.4. The summed E-state index contributed by atoms with van der Waals surface area (Å²) in [6.07, 6.45) is 2.85. The molecule has 0 aliphatic carbocycles. The third-order valence-corrected chi connectivity index (χ3v) is 4.58. The number of piperazine rings is 1. The first-order chi connectivity index (χ1) is 12.9. The van der Waals surface area contributed by atoms with Crippen molar-refractivity contribution in [2.75, 3.05) is 31.5 Å². The molecule has 2 heterocycles. The van der Waals surface area contributed by atoms with Crippen LogP contribution in [0.3, 0.4) is 0 Å². The number of hydrogen-bond donors (Lipinski definition) is 1. The second-order valence-corrected chi connectivity index (χ2v) is 6.66. The monoisotopic (exact) mass is 386 g/mol. The Balaban J connectivity index is 1.69. The van der Waals surface area contributed by atoms with Crippen LogP contribution in [-0.4, -0.2) is 58.7 Å². The van der Waals surface area contributed by atoms with Gasteiger partial charge >= 0.3 is 0 Å². The van der Waals surface area contributed by atoms with Crippen LogP contribution in [0, 0.1) is 0 Å². The Labute approximate surface area is 161 Å². The molecule has 1 fully saturated rings. The number of amides is 3. The van der Waals surface area contributed by atoms with Gasteiger partial charge in [-0.15, -0.1) is 0 Å². The predicted octanol–water partition coefficient (Wildman–Crippen LogP) is 2.29. The Kier molecular flexibility index (Phi) is 5.71. The maximum absolute atomic E-state index is 12.7. The first kappa shape index (κ1) is 18.8. The number of rotatable bonds is 3. The van der Waals surface area contributed by atoms with Crippen LogP contribution < -0.4 is 5.32 Å². The average Bonchev–Trinajstić information content (AvgIpc) is 2.67. The minimum absolute atomic E-state index is 0.00319. The summed E-state index contributed by atoms with van der Waals surface area (Å²) in [5.41, 5.74) is 1.18. The molecule has 140 valence electrons. The van der Waals surface area contributed by atoms with E-state index in [1.54, 1.807) is 34.1 Å². The number of aromatic nitrogens is 1. The van der Waals surface area contributed by atoms with Crippen LogP contribution >= 0.6 is 11.6 Å². The maximum Gasteiger partial charge on any atom is 0.257 e. The number of pyridine rings is 1. The summed E-state index contributed by atoms with van der Waals surface area (Å²) in [5.74, 6) is -0.577. The summed E-state index contributed by atoms with van der Waals surface area (Å²) in [7, 11) is 0. The highest BCUT2D eigenvalue weighted by atomic mass is 35.5. The van der Waals surface area contributed by atoms with Gasteiger partial charge in [0.1, 0.15) is 0 Å². The highest BCUT2D eigenvalue weighted by Gasteiger charge is 2.24. The molecule has 8 heteroatoms. The third kappa shape index (κ3) is 4.62. The predicted molar refractivity (Wildman–Crippen MR) is 102 cm³/mol. The van der Waals surface area contributed by atoms with Crippen molar-refractivity contribution >= 4 is 35.0 Å². The lowest BCUT2D eigenvalue weighted by molar-refractivity contribution is -0.130. The van der Waals surface area contributed by atoms with Gasteiger partial charge in [0.25, 0.3) is 11.8 Å². The Hall–Kier alpha value is -2.93. The molecule has 3 amide bonds. The van der Waals surface area contributed by atoms with Gasteiger partial charge in [-0.05, 0) is 24.3 Å². The van der Waals surface area contributed by atoms with Crippen molar-refractivity contribution in [3.63, 3.8) is 0 Å². The number of nitrogens with zero attached hydrogens (tertiary/aromatic N) is 3. The van der Waals surface area contributed by atoms with Crippen LogP contribution in [0.15, 0.2) is 42.7 Å². The molecule has 1 aromatic carbocycles. The van der Waals surface area contributed by atoms with Crippen LogP contribution in [0.1, 0.15) is 27.6 Å². The van der Waals surface area contributed by atoms with E-state index < -0.39 is 0 Å². The largest absolute Gasteiger partial charge is 0.339 e. The first-order valence-electron chi connectivity index (χ1n) is 8.51. The SMILES string of the molecule is CC(=O)N1CCN(C(=O)c2cncc(C(=O)Nc3cccc(Cl)c3)c2)CC1. The molecule has 2 aromatic rings. The van der Waals surface area contributed by atoms with Gasteiger partial charge in [-0.3, -0.25) is 19.4 Å². The topological polar surface area (TPSA) is 82.6 Å². The van der Waals surface area contributed by atoms with Gasteiger partial charge < -0.3 is 15.1 Å². The van der Waals surface area contributed by atoms with Gasteiger partial charge in [0.05, 0.1) is 11.1 Å². The Morgan fingerprint density at radius 2 is 1.67 bits per heavy atom. The molecule has 3 rings (SSSR count). The summed E-state index contributed by atoms with van der Waals surface area (Å²) >= 11 is 5.92. The lowest BCUT2D eigenvalue weighted by atomic mass is 10.1. The van der Waals surface area contributed by atoms with Crippen molar-refractivity contribution in [3.8, 4) is 0 Å². The Morgan fingerprint density at radius 3 is 2.33 bits per heavy atom. The smallest absolute Gasteiger partial charge is 0.257 e. The molecule has 0 atom stereocenters. The van der Waals surface area contributed by atoms with E-state index in [2.05, 4.69) is 10.3 Å². The number of halogens is 1. The molecule has 0 spiro atoms. The number of carbonyl (C=O) groups excluding carboxylic acids is 3. The number of benzene rings is 1. The Morgan fingerprint density at radius 1 is 1.00 bits per heavy atom. The first-order valence-corrected chi connectivity index (χ1v) is 8.88. The maximum atomic E-state index is 12.7. The molecule has 0 unspecified atom stereocenters. The molecule has 1 N–H and O–H groups in total. The molecule has 0 saturated carbocycles. The van der Waals surface area contributed by atoms with E-state index in [0.29, 0.717) is 42.5 Å². The van der Waals surface area contributed by atoms with E-state index in [-0.39, 0.29) is 23.3 Å². The van der Waals surface area contributed by atoms with Gasteiger partial charge in [-0.25, -0.2) is 0 Å². The summed E-state index contributed by atoms with van der Waals surface area (Å²) in [6.45, 7) is 3.44. The van der Waals surface area contributed by atoms with Crippen molar-refractivity contribution < 1.29 is 14.4 Å². The number of carbonyl (C=O) groups is 3. The van der Waals surface area contributed by atoms with E-state index in [0.717, 1.165) is 0 Å². The van der Waals surface area contributed by atoms with Crippen LogP contribution in [0.25, 0.3) is 0 Å². The molecule has 1 aliphatic rings. The zero-order valence-corrected chi connectivity index (χ0v) is 15.6. The normalized spacial score (nSPS) is 14.0. The van der Waals surface area contributed by atoms with E-state index in [4.69, 9.17) is 11.6 Å². The van der Waals surface area contributed by atoms with Crippen molar-refractivity contribution in [2.24, 2.45) is 0 Å². The highest BCUT2D eigenvalue weighted by molar-refractivity contribution is 6.31. The minimum atomic E-state index is -0.374. The quantitative estimate of drug-likeness (QED) is 0.877. The molecular formula is C19H19ClN4O3. The fourth-order valence-electron chi connectivity index (χ4n) is 2.86. The molecule has 0 radical (unpaired) electrons. The molecule has 0 bridgehead atoms. The molecule has 1 saturated heterocycles. The molecule has 27 heavy (non-hydrogen) atoms. The average molecular weight is 387 g/mol. The second kappa shape index (κ2) is 8.18. The van der Waals surface area contributed by atoms with Crippen molar-refractivity contribution in [1.82, 2.24) is 14.8 Å². The zero-order valence-electron chi connectivity index (χ0n) is 14.8.